The van der Waals surface area contributed by atoms with E-state index in [4.69, 9.17) is 0 Å². The maximum Gasteiger partial charge on any atom is -0.00204 e. The van der Waals surface area contributed by atoms with Crippen LogP contribution >= 0.6 is 0 Å². The molecule has 18 heavy (non-hydrogen) atoms. The van der Waals surface area contributed by atoms with Crippen LogP contribution in [0.1, 0.15) is 83.5 Å². The van der Waals surface area contributed by atoms with E-state index < -0.39 is 0 Å². The van der Waals surface area contributed by atoms with Crippen LogP contribution in [0.4, 0.5) is 0 Å². The van der Waals surface area contributed by atoms with Gasteiger partial charge >= 0.3 is 0 Å². The monoisotopic (exact) mass is 251 g/mol. The summed E-state index contributed by atoms with van der Waals surface area (Å²) in [6.07, 6.45) is 19.3. The van der Waals surface area contributed by atoms with Gasteiger partial charge in [0.2, 0.25) is 0 Å². The summed E-state index contributed by atoms with van der Waals surface area (Å²) >= 11 is 0. The van der Waals surface area contributed by atoms with Gasteiger partial charge in [-0.05, 0) is 44.2 Å². The van der Waals surface area contributed by atoms with E-state index in [-0.39, 0.29) is 0 Å². The summed E-state index contributed by atoms with van der Waals surface area (Å²) < 4.78 is 0. The number of hydrogen-bond acceptors (Lipinski definition) is 1. The molecule has 1 saturated carbocycles. The second-order valence-electron chi connectivity index (χ2n) is 6.72. The van der Waals surface area contributed by atoms with E-state index in [1.54, 1.807) is 0 Å². The summed E-state index contributed by atoms with van der Waals surface area (Å²) in [6, 6.07) is 0. The Morgan fingerprint density at radius 2 is 1.17 bits per heavy atom. The fraction of sp³-hybridized carbons (Fsp3) is 1.00. The smallest absolute Gasteiger partial charge is 0.00204 e. The van der Waals surface area contributed by atoms with Crippen LogP contribution in [-0.2, 0) is 0 Å². The zero-order valence-corrected chi connectivity index (χ0v) is 12.3. The molecule has 1 saturated heterocycles. The average Bonchev–Trinajstić information content (AvgIpc) is 2.82. The quantitative estimate of drug-likeness (QED) is 0.645. The van der Waals surface area contributed by atoms with Gasteiger partial charge in [0.1, 0.15) is 0 Å². The Labute approximate surface area is 114 Å². The van der Waals surface area contributed by atoms with E-state index in [9.17, 15) is 0 Å². The molecule has 0 spiro atoms. The zero-order valence-electron chi connectivity index (χ0n) is 12.3. The molecule has 1 heteroatoms. The van der Waals surface area contributed by atoms with Crippen molar-refractivity contribution in [3.8, 4) is 0 Å². The SMILES string of the molecule is C1CCCCCNCC2CCC(CCCCC1)C2. The predicted octanol–water partition coefficient (Wildman–Crippen LogP) is 4.91. The fourth-order valence-corrected chi connectivity index (χ4v) is 3.85. The molecule has 0 amide bonds. The second kappa shape index (κ2) is 8.96. The van der Waals surface area contributed by atoms with Crippen LogP contribution in [0.5, 0.6) is 0 Å². The van der Waals surface area contributed by atoms with Crippen molar-refractivity contribution in [3.63, 3.8) is 0 Å². The van der Waals surface area contributed by atoms with Crippen molar-refractivity contribution >= 4 is 0 Å². The van der Waals surface area contributed by atoms with Crippen molar-refractivity contribution in [3.05, 3.63) is 0 Å². The second-order valence-corrected chi connectivity index (χ2v) is 6.72. The molecule has 2 atom stereocenters. The van der Waals surface area contributed by atoms with Crippen LogP contribution in [0.25, 0.3) is 0 Å². The van der Waals surface area contributed by atoms with Crippen LogP contribution in [0.15, 0.2) is 0 Å². The summed E-state index contributed by atoms with van der Waals surface area (Å²) in [7, 11) is 0. The molecule has 0 aromatic heterocycles. The molecule has 0 aromatic carbocycles. The first kappa shape index (κ1) is 14.4. The zero-order chi connectivity index (χ0) is 12.5. The lowest BCUT2D eigenvalue weighted by Gasteiger charge is -2.13. The molecule has 2 rings (SSSR count). The summed E-state index contributed by atoms with van der Waals surface area (Å²) in [4.78, 5) is 0. The van der Waals surface area contributed by atoms with Gasteiger partial charge < -0.3 is 5.32 Å². The Balaban J connectivity index is 1.66. The molecule has 0 aromatic rings. The normalized spacial score (nSPS) is 33.3. The van der Waals surface area contributed by atoms with Gasteiger partial charge in [0.05, 0.1) is 0 Å². The largest absolute Gasteiger partial charge is 0.316 e. The first-order valence-electron chi connectivity index (χ1n) is 8.66. The van der Waals surface area contributed by atoms with Crippen molar-refractivity contribution in [2.45, 2.75) is 83.5 Å². The lowest BCUT2D eigenvalue weighted by atomic mass is 9.97. The molecule has 1 aliphatic heterocycles. The van der Waals surface area contributed by atoms with Gasteiger partial charge in [-0.2, -0.15) is 0 Å². The number of rotatable bonds is 0. The third-order valence-electron chi connectivity index (χ3n) is 5.05. The van der Waals surface area contributed by atoms with E-state index in [1.807, 2.05) is 0 Å². The fourth-order valence-electron chi connectivity index (χ4n) is 3.85. The van der Waals surface area contributed by atoms with Crippen molar-refractivity contribution in [2.75, 3.05) is 13.1 Å². The van der Waals surface area contributed by atoms with Crippen LogP contribution in [0.2, 0.25) is 0 Å². The minimum atomic E-state index is 1.00. The number of hydrogen-bond donors (Lipinski definition) is 1. The van der Waals surface area contributed by atoms with Gasteiger partial charge in [0.25, 0.3) is 0 Å². The van der Waals surface area contributed by atoms with Crippen molar-refractivity contribution in [2.24, 2.45) is 11.8 Å². The highest BCUT2D eigenvalue weighted by Gasteiger charge is 2.23. The molecule has 1 N–H and O–H groups in total. The van der Waals surface area contributed by atoms with Gasteiger partial charge in [0.15, 0.2) is 0 Å². The third kappa shape index (κ3) is 5.73. The van der Waals surface area contributed by atoms with E-state index >= 15 is 0 Å². The summed E-state index contributed by atoms with van der Waals surface area (Å²) in [5.74, 6) is 2.08. The average molecular weight is 251 g/mol. The van der Waals surface area contributed by atoms with Gasteiger partial charge in [-0.25, -0.2) is 0 Å². The third-order valence-corrected chi connectivity index (χ3v) is 5.05. The van der Waals surface area contributed by atoms with Gasteiger partial charge in [-0.3, -0.25) is 0 Å². The van der Waals surface area contributed by atoms with E-state index in [1.165, 1.54) is 96.6 Å². The maximum atomic E-state index is 3.69. The first-order valence-corrected chi connectivity index (χ1v) is 8.66. The highest BCUT2D eigenvalue weighted by Crippen LogP contribution is 2.34. The molecule has 1 heterocycles. The predicted molar refractivity (Wildman–Crippen MR) is 79.9 cm³/mol. The van der Waals surface area contributed by atoms with Crippen LogP contribution in [0, 0.1) is 11.8 Å². The Kier molecular flexibility index (Phi) is 7.15. The molecule has 1 nitrogen and oxygen atoms in total. The molecule has 2 fully saturated rings. The molecule has 106 valence electrons. The highest BCUT2D eigenvalue weighted by molar-refractivity contribution is 4.77. The summed E-state index contributed by atoms with van der Waals surface area (Å²) in [5.41, 5.74) is 0. The van der Waals surface area contributed by atoms with Crippen molar-refractivity contribution < 1.29 is 0 Å². The molecular weight excluding hydrogens is 218 g/mol. The molecule has 2 bridgehead atoms. The van der Waals surface area contributed by atoms with Crippen LogP contribution in [0.3, 0.4) is 0 Å². The van der Waals surface area contributed by atoms with Gasteiger partial charge in [-0.1, -0.05) is 64.2 Å². The summed E-state index contributed by atoms with van der Waals surface area (Å²) in [6.45, 7) is 2.57. The Morgan fingerprint density at radius 1 is 0.556 bits per heavy atom. The summed E-state index contributed by atoms with van der Waals surface area (Å²) in [5, 5.41) is 3.69. The van der Waals surface area contributed by atoms with Gasteiger partial charge in [0, 0.05) is 0 Å². The Morgan fingerprint density at radius 3 is 1.94 bits per heavy atom. The topological polar surface area (TPSA) is 12.0 Å². The number of nitrogens with one attached hydrogen (secondary N) is 1. The van der Waals surface area contributed by atoms with E-state index in [0.29, 0.717) is 0 Å². The highest BCUT2D eigenvalue weighted by atomic mass is 14.9. The standard InChI is InChI=1S/C17H33N/c1-2-4-6-8-10-16-11-12-17(14-16)15-18-13-9-7-5-3-1/h16-18H,1-15H2. The van der Waals surface area contributed by atoms with E-state index in [0.717, 1.165) is 11.8 Å². The first-order chi connectivity index (χ1) is 8.95. The lowest BCUT2D eigenvalue weighted by molar-refractivity contribution is 0.419. The van der Waals surface area contributed by atoms with Gasteiger partial charge in [-0.15, -0.1) is 0 Å². The minimum Gasteiger partial charge on any atom is -0.316 e. The van der Waals surface area contributed by atoms with Crippen LogP contribution < -0.4 is 5.32 Å². The van der Waals surface area contributed by atoms with E-state index in [2.05, 4.69) is 5.32 Å². The van der Waals surface area contributed by atoms with Crippen molar-refractivity contribution in [1.29, 1.82) is 0 Å². The maximum absolute atomic E-state index is 3.69. The molecule has 2 unspecified atom stereocenters. The Bertz CT molecular complexity index is 182. The lowest BCUT2D eigenvalue weighted by Crippen LogP contribution is -2.22. The van der Waals surface area contributed by atoms with Crippen LogP contribution in [-0.4, -0.2) is 13.1 Å². The Hall–Kier alpha value is -0.0400. The number of fused-ring (bicyclic) bond motifs is 2. The molecule has 0 radical (unpaired) electrons. The van der Waals surface area contributed by atoms with Crippen molar-refractivity contribution in [1.82, 2.24) is 5.32 Å². The molecule has 1 aliphatic carbocycles. The minimum absolute atomic E-state index is 1.00. The molecule has 2 aliphatic rings. The molecular formula is C17H33N.